The van der Waals surface area contributed by atoms with E-state index >= 15 is 0 Å². The van der Waals surface area contributed by atoms with Crippen molar-refractivity contribution in [3.05, 3.63) is 41.2 Å². The first-order valence-corrected chi connectivity index (χ1v) is 10.7. The zero-order valence-corrected chi connectivity index (χ0v) is 18.8. The van der Waals surface area contributed by atoms with Crippen molar-refractivity contribution in [3.8, 4) is 11.5 Å². The smallest absolute Gasteiger partial charge is 0.435 e. The van der Waals surface area contributed by atoms with Gasteiger partial charge in [0.1, 0.15) is 0 Å². The summed E-state index contributed by atoms with van der Waals surface area (Å²) in [5, 5.41) is 10.3. The Balaban J connectivity index is 1.71. The van der Waals surface area contributed by atoms with Crippen LogP contribution in [0.25, 0.3) is 0 Å². The van der Waals surface area contributed by atoms with E-state index in [2.05, 4.69) is 15.7 Å². The molecule has 1 aromatic heterocycles. The Bertz CT molecular complexity index is 856. The molecular formula is C21H29F3N4O2S. The van der Waals surface area contributed by atoms with Gasteiger partial charge in [0.15, 0.2) is 22.3 Å². The minimum absolute atomic E-state index is 0.379. The molecule has 172 valence electrons. The Morgan fingerprint density at radius 1 is 1.06 bits per heavy atom. The van der Waals surface area contributed by atoms with Crippen LogP contribution in [-0.4, -0.2) is 41.2 Å². The second kappa shape index (κ2) is 11.8. The molecule has 1 aromatic carbocycles. The monoisotopic (exact) mass is 458 g/mol. The number of hydrogen-bond donors (Lipinski definition) is 2. The predicted molar refractivity (Wildman–Crippen MR) is 118 cm³/mol. The van der Waals surface area contributed by atoms with Crippen LogP contribution in [0.3, 0.4) is 0 Å². The highest BCUT2D eigenvalue weighted by molar-refractivity contribution is 7.80. The maximum absolute atomic E-state index is 12.7. The second-order valence-corrected chi connectivity index (χ2v) is 7.23. The number of benzene rings is 1. The molecule has 0 bridgehead atoms. The van der Waals surface area contributed by atoms with Gasteiger partial charge in [-0.2, -0.15) is 18.3 Å². The van der Waals surface area contributed by atoms with Crippen LogP contribution in [0, 0.1) is 6.92 Å². The van der Waals surface area contributed by atoms with Crippen LogP contribution in [0.5, 0.6) is 11.5 Å². The maximum Gasteiger partial charge on any atom is 0.435 e. The molecule has 0 amide bonds. The summed E-state index contributed by atoms with van der Waals surface area (Å²) in [5.41, 5.74) is 0.712. The largest absolute Gasteiger partial charge is 0.490 e. The van der Waals surface area contributed by atoms with E-state index < -0.39 is 11.9 Å². The summed E-state index contributed by atoms with van der Waals surface area (Å²) in [6, 6.07) is 6.92. The lowest BCUT2D eigenvalue weighted by molar-refractivity contribution is -0.141. The minimum atomic E-state index is -4.42. The Morgan fingerprint density at radius 3 is 2.39 bits per heavy atom. The van der Waals surface area contributed by atoms with Gasteiger partial charge in [0, 0.05) is 25.3 Å². The molecule has 31 heavy (non-hydrogen) atoms. The van der Waals surface area contributed by atoms with Crippen LogP contribution in [-0.2, 0) is 19.1 Å². The summed E-state index contributed by atoms with van der Waals surface area (Å²) in [6.45, 7) is 8.15. The van der Waals surface area contributed by atoms with Gasteiger partial charge in [-0.25, -0.2) is 0 Å². The molecule has 1 heterocycles. The first-order valence-electron chi connectivity index (χ1n) is 10.3. The molecule has 0 atom stereocenters. The van der Waals surface area contributed by atoms with Crippen molar-refractivity contribution < 1.29 is 22.6 Å². The number of rotatable bonds is 11. The lowest BCUT2D eigenvalue weighted by Crippen LogP contribution is -2.37. The number of halogens is 3. The number of nitrogens with one attached hydrogen (secondary N) is 2. The van der Waals surface area contributed by atoms with Gasteiger partial charge in [-0.1, -0.05) is 6.07 Å². The third-order valence-corrected chi connectivity index (χ3v) is 4.70. The third kappa shape index (κ3) is 7.93. The molecule has 2 rings (SSSR count). The van der Waals surface area contributed by atoms with Gasteiger partial charge in [0.2, 0.25) is 0 Å². The Labute approximate surface area is 186 Å². The number of thiocarbonyl (C=S) groups is 1. The van der Waals surface area contributed by atoms with Crippen molar-refractivity contribution >= 4 is 17.3 Å². The molecule has 0 aliphatic rings. The summed E-state index contributed by atoms with van der Waals surface area (Å²) in [4.78, 5) is 0. The quantitative estimate of drug-likeness (QED) is 0.391. The lowest BCUT2D eigenvalue weighted by Gasteiger charge is -2.13. The average Bonchev–Trinajstić information content (AvgIpc) is 3.09. The highest BCUT2D eigenvalue weighted by Gasteiger charge is 2.34. The molecule has 0 aliphatic heterocycles. The molecule has 0 radical (unpaired) electrons. The first kappa shape index (κ1) is 24.8. The maximum atomic E-state index is 12.7. The van der Waals surface area contributed by atoms with Crippen molar-refractivity contribution in [1.82, 2.24) is 20.4 Å². The Kier molecular flexibility index (Phi) is 9.42. The molecule has 10 heteroatoms. The summed E-state index contributed by atoms with van der Waals surface area (Å²) < 4.78 is 50.7. The number of ether oxygens (including phenoxy) is 2. The van der Waals surface area contributed by atoms with Crippen molar-refractivity contribution in [1.29, 1.82) is 0 Å². The van der Waals surface area contributed by atoms with E-state index in [9.17, 15) is 13.2 Å². The van der Waals surface area contributed by atoms with E-state index in [0.717, 1.165) is 29.5 Å². The van der Waals surface area contributed by atoms with Crippen LogP contribution in [0.2, 0.25) is 0 Å². The molecular weight excluding hydrogens is 429 g/mol. The zero-order valence-electron chi connectivity index (χ0n) is 18.0. The standard InChI is InChI=1S/C21H29F3N4O2S/c1-4-29-17-8-7-16(14-18(17)30-5-2)9-11-26-20(31)25-10-6-12-28-15(3)13-19(27-28)21(22,23)24/h7-8,13-14H,4-6,9-12H2,1-3H3,(H2,25,26,31). The van der Waals surface area contributed by atoms with Crippen LogP contribution in [0.1, 0.15) is 37.2 Å². The average molecular weight is 459 g/mol. The number of alkyl halides is 3. The molecule has 0 spiro atoms. The van der Waals surface area contributed by atoms with Crippen molar-refractivity contribution in [2.24, 2.45) is 0 Å². The molecule has 0 fully saturated rings. The second-order valence-electron chi connectivity index (χ2n) is 6.83. The van der Waals surface area contributed by atoms with E-state index in [1.54, 1.807) is 6.92 Å². The molecule has 2 N–H and O–H groups in total. The fraction of sp³-hybridized carbons (Fsp3) is 0.524. The van der Waals surface area contributed by atoms with E-state index in [1.807, 2.05) is 32.0 Å². The Morgan fingerprint density at radius 2 is 1.74 bits per heavy atom. The lowest BCUT2D eigenvalue weighted by atomic mass is 10.1. The summed E-state index contributed by atoms with van der Waals surface area (Å²) in [5.74, 6) is 1.46. The van der Waals surface area contributed by atoms with Gasteiger partial charge in [0.05, 0.1) is 13.2 Å². The fourth-order valence-electron chi connectivity index (χ4n) is 2.94. The molecule has 6 nitrogen and oxygen atoms in total. The molecule has 2 aromatic rings. The Hall–Kier alpha value is -2.49. The van der Waals surface area contributed by atoms with Gasteiger partial charge >= 0.3 is 6.18 Å². The highest BCUT2D eigenvalue weighted by Crippen LogP contribution is 2.29. The van der Waals surface area contributed by atoms with Crippen molar-refractivity contribution in [2.75, 3.05) is 26.3 Å². The number of nitrogens with zero attached hydrogens (tertiary/aromatic N) is 2. The topological polar surface area (TPSA) is 60.3 Å². The van der Waals surface area contributed by atoms with Gasteiger partial charge < -0.3 is 20.1 Å². The van der Waals surface area contributed by atoms with Crippen molar-refractivity contribution in [3.63, 3.8) is 0 Å². The zero-order chi connectivity index (χ0) is 22.9. The highest BCUT2D eigenvalue weighted by atomic mass is 32.1. The number of aromatic nitrogens is 2. The first-order chi connectivity index (χ1) is 14.7. The summed E-state index contributed by atoms with van der Waals surface area (Å²) in [7, 11) is 0. The van der Waals surface area contributed by atoms with Gasteiger partial charge in [-0.3, -0.25) is 4.68 Å². The van der Waals surface area contributed by atoms with Gasteiger partial charge in [0.25, 0.3) is 0 Å². The van der Waals surface area contributed by atoms with Gasteiger partial charge in [-0.05, 0) is 69.6 Å². The normalized spacial score (nSPS) is 11.3. The number of hydrogen-bond acceptors (Lipinski definition) is 4. The summed E-state index contributed by atoms with van der Waals surface area (Å²) >= 11 is 5.26. The van der Waals surface area contributed by atoms with Crippen LogP contribution >= 0.6 is 12.2 Å². The molecule has 0 saturated carbocycles. The van der Waals surface area contributed by atoms with Crippen LogP contribution in [0.15, 0.2) is 24.3 Å². The van der Waals surface area contributed by atoms with E-state index in [4.69, 9.17) is 21.7 Å². The summed E-state index contributed by atoms with van der Waals surface area (Å²) in [6.07, 6.45) is -3.08. The minimum Gasteiger partial charge on any atom is -0.490 e. The SMILES string of the molecule is CCOc1ccc(CCNC(=S)NCCCn2nc(C(F)(F)F)cc2C)cc1OCC. The van der Waals surface area contributed by atoms with Crippen molar-refractivity contribution in [2.45, 2.75) is 46.3 Å². The molecule has 0 saturated heterocycles. The van der Waals surface area contributed by atoms with Crippen LogP contribution < -0.4 is 20.1 Å². The predicted octanol–water partition coefficient (Wildman–Crippen LogP) is 4.10. The van der Waals surface area contributed by atoms with E-state index in [0.29, 0.717) is 50.1 Å². The fourth-order valence-corrected chi connectivity index (χ4v) is 3.14. The van der Waals surface area contributed by atoms with E-state index in [-0.39, 0.29) is 0 Å². The molecule has 0 aliphatic carbocycles. The van der Waals surface area contributed by atoms with Gasteiger partial charge in [-0.15, -0.1) is 0 Å². The van der Waals surface area contributed by atoms with Crippen LogP contribution in [0.4, 0.5) is 13.2 Å². The number of aryl methyl sites for hydroxylation is 2. The third-order valence-electron chi connectivity index (χ3n) is 4.41. The van der Waals surface area contributed by atoms with E-state index in [1.165, 1.54) is 4.68 Å². The molecule has 0 unspecified atom stereocenters.